The zero-order valence-electron chi connectivity index (χ0n) is 65.2. The van der Waals surface area contributed by atoms with Crippen LogP contribution in [-0.2, 0) is 43.0 Å². The molecular weight excluding hydrogens is 1520 g/mol. The molecule has 3 saturated heterocycles. The molecule has 3 N–H and O–H groups in total. The second-order valence-electron chi connectivity index (χ2n) is 28.7. The number of hydrogen-bond acceptors (Lipinski definition) is 15. The number of morpholine rings is 1. The highest BCUT2D eigenvalue weighted by Crippen LogP contribution is 2.44. The van der Waals surface area contributed by atoms with Gasteiger partial charge in [-0.25, -0.2) is 14.4 Å². The van der Waals surface area contributed by atoms with E-state index in [0.29, 0.717) is 67.4 Å². The average molecular weight is 1620 g/mol. The molecule has 6 aromatic carbocycles. The maximum atomic E-state index is 13.1. The number of carbonyl (C=O) groups excluding carboxylic acids is 4. The first-order chi connectivity index (χ1) is 55.7. The van der Waals surface area contributed by atoms with Crippen molar-refractivity contribution in [3.8, 4) is 52.8 Å². The second-order valence-corrected chi connectivity index (χ2v) is 31.2. The normalized spacial score (nSPS) is 17.5. The summed E-state index contributed by atoms with van der Waals surface area (Å²) in [7, 11) is 0. The number of thioether (sulfide) groups is 1. The Morgan fingerprint density at radius 3 is 1.08 bits per heavy atom. The fraction of sp³-hybridized carbons (Fsp3) is 0.416. The number of aromatic nitrogens is 3. The molecule has 9 aromatic rings. The van der Waals surface area contributed by atoms with Crippen molar-refractivity contribution in [3.05, 3.63) is 193 Å². The van der Waals surface area contributed by atoms with Crippen LogP contribution in [0.2, 0.25) is 15.1 Å². The molecule has 15 rings (SSSR count). The zero-order valence-corrected chi connectivity index (χ0v) is 68.3. The van der Waals surface area contributed by atoms with Crippen molar-refractivity contribution in [2.24, 2.45) is 0 Å². The Labute approximate surface area is 686 Å². The van der Waals surface area contributed by atoms with Crippen molar-refractivity contribution in [2.75, 3.05) is 156 Å². The lowest BCUT2D eigenvalue weighted by Gasteiger charge is -2.35. The molecule has 3 aromatic heterocycles. The summed E-state index contributed by atoms with van der Waals surface area (Å²) in [4.78, 5) is 75.9. The van der Waals surface area contributed by atoms with Gasteiger partial charge in [-0.2, -0.15) is 11.8 Å². The molecule has 25 heteroatoms. The van der Waals surface area contributed by atoms with Crippen LogP contribution in [0.5, 0.6) is 17.2 Å². The molecule has 3 unspecified atom stereocenters. The van der Waals surface area contributed by atoms with Crippen LogP contribution in [-0.4, -0.2) is 229 Å². The molecule has 114 heavy (non-hydrogen) atoms. The summed E-state index contributed by atoms with van der Waals surface area (Å²) >= 11 is 21.0. The van der Waals surface area contributed by atoms with E-state index in [1.165, 1.54) is 41.3 Å². The number of ether oxygens (including phenoxy) is 7. The molecule has 0 aliphatic carbocycles. The molecule has 0 radical (unpaired) electrons. The number of nitrogens with one attached hydrogen (secondary N) is 3. The average Bonchev–Trinajstić information content (AvgIpc) is 1.59. The highest BCUT2D eigenvalue weighted by molar-refractivity contribution is 7.99. The van der Waals surface area contributed by atoms with E-state index in [4.69, 9.17) is 68.0 Å². The van der Waals surface area contributed by atoms with Crippen molar-refractivity contribution in [1.29, 1.82) is 0 Å². The van der Waals surface area contributed by atoms with Crippen LogP contribution in [0.25, 0.3) is 32.7 Å². The van der Waals surface area contributed by atoms with Gasteiger partial charge in [0.15, 0.2) is 19.8 Å². The SMILES string of the molecule is CC#CCOC(=O)N1CCc2c([nH]c3ccc(Cl)cc23)C1c1ccc(OCCCN2CCN(C(C)=O)CC2)cc1.CC#CCOC(=O)N1CCc2c([nH]c3ccc(Cl)cc23)C1c1ccc(OCCCN2CCOCC2)cc1.CC#CCOC(=O)N1CCc2c([nH]c3ccc(Cl)cc23)C1c1ccc(OCCCN2CCSCC2)cc1. The number of fused-ring (bicyclic) bond motifs is 9. The Morgan fingerprint density at radius 1 is 0.430 bits per heavy atom. The van der Waals surface area contributed by atoms with E-state index in [-0.39, 0.29) is 62.1 Å². The van der Waals surface area contributed by atoms with Gasteiger partial charge in [0.25, 0.3) is 0 Å². The predicted molar refractivity (Wildman–Crippen MR) is 450 cm³/mol. The monoisotopic (exact) mass is 1620 g/mol. The Hall–Kier alpha value is -9.64. The number of piperazine rings is 1. The summed E-state index contributed by atoms with van der Waals surface area (Å²) in [6.45, 7) is 23.0. The molecule has 9 heterocycles. The number of aromatic amines is 3. The molecule has 4 amide bonds. The second kappa shape index (κ2) is 40.6. The molecule has 3 atom stereocenters. The van der Waals surface area contributed by atoms with Gasteiger partial charge in [0.05, 0.1) is 33.0 Å². The molecule has 598 valence electrons. The van der Waals surface area contributed by atoms with Gasteiger partial charge in [-0.05, 0) is 184 Å². The minimum Gasteiger partial charge on any atom is -0.494 e. The van der Waals surface area contributed by atoms with Crippen molar-refractivity contribution in [2.45, 2.75) is 84.3 Å². The van der Waals surface area contributed by atoms with Gasteiger partial charge in [0, 0.05) is 175 Å². The molecule has 0 bridgehead atoms. The Balaban J connectivity index is 0.000000149. The molecule has 6 aliphatic heterocycles. The number of H-pyrrole nitrogens is 3. The van der Waals surface area contributed by atoms with Crippen LogP contribution in [0.3, 0.4) is 0 Å². The maximum Gasteiger partial charge on any atom is 0.411 e. The summed E-state index contributed by atoms with van der Waals surface area (Å²) in [5, 5.41) is 5.36. The fourth-order valence-corrected chi connectivity index (χ4v) is 17.3. The van der Waals surface area contributed by atoms with E-state index in [1.807, 2.05) is 144 Å². The number of halogens is 3. The Kier molecular flexibility index (Phi) is 29.3. The van der Waals surface area contributed by atoms with Crippen LogP contribution in [0.4, 0.5) is 14.4 Å². The van der Waals surface area contributed by atoms with Crippen LogP contribution < -0.4 is 14.2 Å². The summed E-state index contributed by atoms with van der Waals surface area (Å²) in [6, 6.07) is 40.6. The summed E-state index contributed by atoms with van der Waals surface area (Å²) < 4.78 is 39.9. The van der Waals surface area contributed by atoms with Gasteiger partial charge in [-0.1, -0.05) is 89.0 Å². The smallest absolute Gasteiger partial charge is 0.411 e. The van der Waals surface area contributed by atoms with E-state index in [2.05, 4.69) is 65.2 Å². The van der Waals surface area contributed by atoms with E-state index in [0.717, 1.165) is 182 Å². The van der Waals surface area contributed by atoms with Gasteiger partial charge in [-0.15, -0.1) is 17.8 Å². The largest absolute Gasteiger partial charge is 0.494 e. The van der Waals surface area contributed by atoms with E-state index >= 15 is 0 Å². The van der Waals surface area contributed by atoms with Gasteiger partial charge in [-0.3, -0.25) is 29.3 Å². The molecule has 0 saturated carbocycles. The first-order valence-corrected chi connectivity index (χ1v) is 41.7. The highest BCUT2D eigenvalue weighted by atomic mass is 35.5. The lowest BCUT2D eigenvalue weighted by atomic mass is 9.92. The Morgan fingerprint density at radius 2 is 0.754 bits per heavy atom. The minimum absolute atomic E-state index is 0.0624. The fourth-order valence-electron chi connectivity index (χ4n) is 15.8. The van der Waals surface area contributed by atoms with Crippen molar-refractivity contribution in [1.82, 2.24) is 49.3 Å². The van der Waals surface area contributed by atoms with Crippen molar-refractivity contribution >= 4 is 103 Å². The number of carbonyl (C=O) groups is 4. The van der Waals surface area contributed by atoms with Gasteiger partial charge in [0.1, 0.15) is 35.4 Å². The van der Waals surface area contributed by atoms with Crippen molar-refractivity contribution in [3.63, 3.8) is 0 Å². The number of benzene rings is 6. The van der Waals surface area contributed by atoms with Crippen LogP contribution in [0, 0.1) is 35.5 Å². The lowest BCUT2D eigenvalue weighted by molar-refractivity contribution is -0.130. The summed E-state index contributed by atoms with van der Waals surface area (Å²) in [5.74, 6) is 21.8. The van der Waals surface area contributed by atoms with Gasteiger partial charge in [0.2, 0.25) is 5.91 Å². The minimum atomic E-state index is -0.389. The highest BCUT2D eigenvalue weighted by Gasteiger charge is 2.39. The first kappa shape index (κ1) is 82.3. The number of nitrogens with zero attached hydrogens (tertiary/aromatic N) is 7. The van der Waals surface area contributed by atoms with Crippen LogP contribution in [0.15, 0.2) is 127 Å². The van der Waals surface area contributed by atoms with E-state index in [1.54, 1.807) is 42.4 Å². The third kappa shape index (κ3) is 20.9. The number of rotatable bonds is 21. The molecule has 0 spiro atoms. The molecule has 6 aliphatic rings. The van der Waals surface area contributed by atoms with Gasteiger partial charge >= 0.3 is 18.3 Å². The number of hydrogen-bond donors (Lipinski definition) is 3. The third-order valence-corrected chi connectivity index (χ3v) is 23.2. The topological polar surface area (TPSA) is 203 Å². The zero-order chi connectivity index (χ0) is 79.3. The molecule has 21 nitrogen and oxygen atoms in total. The molecule has 3 fully saturated rings. The molecular formula is C89H99Cl3N10O11S. The van der Waals surface area contributed by atoms with Gasteiger partial charge < -0.3 is 57.9 Å². The van der Waals surface area contributed by atoms with Crippen LogP contribution >= 0.6 is 46.6 Å². The quantitative estimate of drug-likeness (QED) is 0.0348. The maximum absolute atomic E-state index is 13.1. The van der Waals surface area contributed by atoms with E-state index < -0.39 is 0 Å². The predicted octanol–water partition coefficient (Wildman–Crippen LogP) is 15.6. The lowest BCUT2D eigenvalue weighted by Crippen LogP contribution is -2.48. The van der Waals surface area contributed by atoms with Crippen LogP contribution in [0.1, 0.15) is 116 Å². The first-order valence-electron chi connectivity index (χ1n) is 39.4. The summed E-state index contributed by atoms with van der Waals surface area (Å²) in [5.41, 5.74) is 12.5. The third-order valence-electron chi connectivity index (χ3n) is 21.6. The van der Waals surface area contributed by atoms with Crippen molar-refractivity contribution < 1.29 is 52.3 Å². The number of amides is 4. The van der Waals surface area contributed by atoms with E-state index in [9.17, 15) is 19.2 Å². The standard InChI is InChI=1S/C31H35ClN4O4.C29H32ClN3O4.C29H32ClN3O3S/c1-3-4-19-40-31(38)36-14-12-26-27-21-24(32)8-11-28(27)33-29(26)30(36)23-6-9-25(10-7-23)39-20-5-13-34-15-17-35(18-16-34)22(2)37;1-2-3-16-37-29(34)33-13-11-24-25-20-22(30)7-10-26(25)31-27(24)28(33)21-5-8-23(9-6-21)36-17-4-12-32-14-18-35-19-15-32;1-2-3-16-36-29(34)33-13-11-24-25-20-22(30)7-10-26(25)31-27(24)28(33)21-5-8-23(9-6-21)35-17-4-12-32-14-18-37-19-15-32/h6-11,21,30,33H,5,12-20H2,1-2H3;2*5-10,20,28,31H,4,11-19H2,1H3. The summed E-state index contributed by atoms with van der Waals surface area (Å²) in [6.07, 6.45) is 3.88. The Bertz CT molecular complexity index is 4780.